The molecule has 0 radical (unpaired) electrons. The Morgan fingerprint density at radius 1 is 1.17 bits per heavy atom. The molecule has 0 aliphatic heterocycles. The number of carboxylic acids is 1. The molecule has 7 heteroatoms. The molecule has 0 spiro atoms. The van der Waals surface area contributed by atoms with Crippen molar-refractivity contribution in [3.05, 3.63) is 65.6 Å². The van der Waals surface area contributed by atoms with Crippen molar-refractivity contribution in [2.75, 3.05) is 0 Å². The molecule has 2 aromatic carbocycles. The summed E-state index contributed by atoms with van der Waals surface area (Å²) in [5.41, 5.74) is 7.64. The van der Waals surface area contributed by atoms with E-state index < -0.39 is 11.8 Å². The number of carbonyl (C=O) groups is 1. The van der Waals surface area contributed by atoms with E-state index in [-0.39, 0.29) is 12.1 Å². The molecule has 0 amide bonds. The zero-order chi connectivity index (χ0) is 16.4. The Morgan fingerprint density at radius 2 is 1.87 bits per heavy atom. The number of halogens is 1. The van der Waals surface area contributed by atoms with Gasteiger partial charge in [0.05, 0.1) is 11.3 Å². The van der Waals surface area contributed by atoms with E-state index in [4.69, 9.17) is 10.8 Å². The van der Waals surface area contributed by atoms with Crippen LogP contribution in [0.5, 0.6) is 0 Å². The van der Waals surface area contributed by atoms with E-state index >= 15 is 0 Å². The maximum Gasteiger partial charge on any atom is 0.335 e. The molecule has 23 heavy (non-hydrogen) atoms. The summed E-state index contributed by atoms with van der Waals surface area (Å²) in [7, 11) is 0. The van der Waals surface area contributed by atoms with Gasteiger partial charge in [-0.2, -0.15) is 0 Å². The van der Waals surface area contributed by atoms with Crippen molar-refractivity contribution in [1.29, 1.82) is 0 Å². The number of aromatic nitrogens is 3. The monoisotopic (exact) mass is 312 g/mol. The van der Waals surface area contributed by atoms with Gasteiger partial charge in [-0.25, -0.2) is 13.9 Å². The van der Waals surface area contributed by atoms with Gasteiger partial charge in [0.25, 0.3) is 0 Å². The predicted molar refractivity (Wildman–Crippen MR) is 81.6 cm³/mol. The summed E-state index contributed by atoms with van der Waals surface area (Å²) in [4.78, 5) is 10.9. The van der Waals surface area contributed by atoms with E-state index in [9.17, 15) is 9.18 Å². The second-order valence-electron chi connectivity index (χ2n) is 4.83. The molecule has 0 unspecified atom stereocenters. The van der Waals surface area contributed by atoms with Gasteiger partial charge < -0.3 is 10.8 Å². The first-order valence-electron chi connectivity index (χ1n) is 6.85. The highest BCUT2D eigenvalue weighted by Gasteiger charge is 2.18. The minimum absolute atomic E-state index is 0.108. The second-order valence-corrected chi connectivity index (χ2v) is 4.83. The number of nitrogens with zero attached hydrogens (tertiary/aromatic N) is 3. The average molecular weight is 312 g/mol. The summed E-state index contributed by atoms with van der Waals surface area (Å²) in [6.45, 7) is 0.108. The van der Waals surface area contributed by atoms with E-state index in [1.807, 2.05) is 0 Å². The van der Waals surface area contributed by atoms with Crippen LogP contribution in [0, 0.1) is 5.82 Å². The van der Waals surface area contributed by atoms with Crippen LogP contribution in [0.15, 0.2) is 48.5 Å². The smallest absolute Gasteiger partial charge is 0.335 e. The molecule has 0 saturated heterocycles. The molecule has 3 aromatic rings. The highest BCUT2D eigenvalue weighted by Crippen LogP contribution is 2.27. The Labute approximate surface area is 131 Å². The van der Waals surface area contributed by atoms with E-state index in [2.05, 4.69) is 10.3 Å². The molecule has 0 aliphatic rings. The zero-order valence-electron chi connectivity index (χ0n) is 12.0. The normalized spacial score (nSPS) is 10.7. The molecular weight excluding hydrogens is 299 g/mol. The summed E-state index contributed by atoms with van der Waals surface area (Å²) in [5.74, 6) is -1.43. The van der Waals surface area contributed by atoms with Crippen LogP contribution in [0.2, 0.25) is 0 Å². The summed E-state index contributed by atoms with van der Waals surface area (Å²) in [5, 5.41) is 17.0. The van der Waals surface area contributed by atoms with Crippen LogP contribution in [-0.4, -0.2) is 26.1 Å². The predicted octanol–water partition coefficient (Wildman–Crippen LogP) is 2.23. The second kappa shape index (κ2) is 5.98. The van der Waals surface area contributed by atoms with Gasteiger partial charge in [-0.1, -0.05) is 17.3 Å². The van der Waals surface area contributed by atoms with Crippen molar-refractivity contribution >= 4 is 5.97 Å². The Morgan fingerprint density at radius 3 is 2.48 bits per heavy atom. The van der Waals surface area contributed by atoms with E-state index in [0.717, 1.165) is 0 Å². The fourth-order valence-corrected chi connectivity index (χ4v) is 2.30. The minimum atomic E-state index is -1.02. The Hall–Kier alpha value is -3.06. The standard InChI is InChI=1S/C16H13FN4O2/c17-13-4-2-1-3-12(13)15-14(9-18)19-20-21(15)11-7-5-10(6-8-11)16(22)23/h1-8H,9,18H2,(H,22,23). The molecule has 1 heterocycles. The van der Waals surface area contributed by atoms with Gasteiger partial charge in [-0.05, 0) is 36.4 Å². The topological polar surface area (TPSA) is 94.0 Å². The molecule has 0 bridgehead atoms. The number of hydrogen-bond acceptors (Lipinski definition) is 4. The lowest BCUT2D eigenvalue weighted by molar-refractivity contribution is 0.0697. The van der Waals surface area contributed by atoms with Crippen LogP contribution in [0.4, 0.5) is 4.39 Å². The fraction of sp³-hybridized carbons (Fsp3) is 0.0625. The van der Waals surface area contributed by atoms with Gasteiger partial charge in [0, 0.05) is 12.1 Å². The highest BCUT2D eigenvalue weighted by molar-refractivity contribution is 5.87. The SMILES string of the molecule is NCc1nnn(-c2ccc(C(=O)O)cc2)c1-c1ccccc1F. The third-order valence-corrected chi connectivity index (χ3v) is 3.42. The molecule has 0 aliphatic carbocycles. The van der Waals surface area contributed by atoms with E-state index in [1.54, 1.807) is 30.3 Å². The summed E-state index contributed by atoms with van der Waals surface area (Å²) in [6.07, 6.45) is 0. The first kappa shape index (κ1) is 14.9. The van der Waals surface area contributed by atoms with Crippen molar-refractivity contribution in [2.45, 2.75) is 6.54 Å². The van der Waals surface area contributed by atoms with E-state index in [0.29, 0.717) is 22.6 Å². The van der Waals surface area contributed by atoms with E-state index in [1.165, 1.54) is 22.9 Å². The van der Waals surface area contributed by atoms with Crippen molar-refractivity contribution < 1.29 is 14.3 Å². The van der Waals surface area contributed by atoms with Gasteiger partial charge in [-0.15, -0.1) is 5.10 Å². The highest BCUT2D eigenvalue weighted by atomic mass is 19.1. The van der Waals surface area contributed by atoms with Gasteiger partial charge in [0.15, 0.2) is 0 Å². The van der Waals surface area contributed by atoms with Crippen molar-refractivity contribution in [3.8, 4) is 16.9 Å². The number of rotatable bonds is 4. The third-order valence-electron chi connectivity index (χ3n) is 3.42. The Balaban J connectivity index is 2.16. The number of aromatic carboxylic acids is 1. The lowest BCUT2D eigenvalue weighted by atomic mass is 10.1. The largest absolute Gasteiger partial charge is 0.478 e. The zero-order valence-corrected chi connectivity index (χ0v) is 12.0. The van der Waals surface area contributed by atoms with Crippen LogP contribution in [0.25, 0.3) is 16.9 Å². The molecule has 3 N–H and O–H groups in total. The molecule has 3 rings (SSSR count). The molecule has 1 aromatic heterocycles. The molecule has 0 atom stereocenters. The van der Waals surface area contributed by atoms with Crippen LogP contribution < -0.4 is 5.73 Å². The van der Waals surface area contributed by atoms with Crippen molar-refractivity contribution in [3.63, 3.8) is 0 Å². The number of carboxylic acid groups (broad SMARTS) is 1. The quantitative estimate of drug-likeness (QED) is 0.770. The lowest BCUT2D eigenvalue weighted by Gasteiger charge is -2.09. The number of nitrogens with two attached hydrogens (primary N) is 1. The first-order valence-corrected chi connectivity index (χ1v) is 6.85. The molecule has 0 saturated carbocycles. The van der Waals surface area contributed by atoms with Gasteiger partial charge in [-0.3, -0.25) is 0 Å². The van der Waals surface area contributed by atoms with Gasteiger partial charge in [0.2, 0.25) is 0 Å². The Bertz CT molecular complexity index is 859. The van der Waals surface area contributed by atoms with Crippen LogP contribution in [0.3, 0.4) is 0 Å². The number of hydrogen-bond donors (Lipinski definition) is 2. The van der Waals surface area contributed by atoms with Crippen molar-refractivity contribution in [2.24, 2.45) is 5.73 Å². The minimum Gasteiger partial charge on any atom is -0.478 e. The van der Waals surface area contributed by atoms with Crippen molar-refractivity contribution in [1.82, 2.24) is 15.0 Å². The van der Waals surface area contributed by atoms with Crippen LogP contribution in [-0.2, 0) is 6.54 Å². The molecular formula is C16H13FN4O2. The summed E-state index contributed by atoms with van der Waals surface area (Å²) < 4.78 is 15.6. The summed E-state index contributed by atoms with van der Waals surface area (Å²) in [6, 6.07) is 12.3. The molecule has 0 fully saturated rings. The average Bonchev–Trinajstić information content (AvgIpc) is 2.99. The van der Waals surface area contributed by atoms with Crippen LogP contribution >= 0.6 is 0 Å². The first-order chi connectivity index (χ1) is 11.1. The fourth-order valence-electron chi connectivity index (χ4n) is 2.30. The summed E-state index contributed by atoms with van der Waals surface area (Å²) >= 11 is 0. The maximum atomic E-state index is 14.1. The number of benzene rings is 2. The molecule has 6 nitrogen and oxygen atoms in total. The third kappa shape index (κ3) is 2.69. The molecule has 116 valence electrons. The Kier molecular flexibility index (Phi) is 3.86. The van der Waals surface area contributed by atoms with Gasteiger partial charge in [0.1, 0.15) is 17.2 Å². The van der Waals surface area contributed by atoms with Gasteiger partial charge >= 0.3 is 5.97 Å². The maximum absolute atomic E-state index is 14.1. The van der Waals surface area contributed by atoms with Crippen LogP contribution in [0.1, 0.15) is 16.1 Å². The lowest BCUT2D eigenvalue weighted by Crippen LogP contribution is -2.04.